The molecule has 16 heavy (non-hydrogen) atoms. The summed E-state index contributed by atoms with van der Waals surface area (Å²) in [4.78, 5) is 22.2. The number of carbonyl (C=O) groups is 2. The Hall–Kier alpha value is -0.880. The van der Waals surface area contributed by atoms with Gasteiger partial charge in [0.25, 0.3) is 0 Å². The molecule has 0 spiro atoms. The average Bonchev–Trinajstić information content (AvgIpc) is 2.15. The first-order valence-corrected chi connectivity index (χ1v) is 5.47. The molecule has 1 aromatic rings. The molecule has 0 radical (unpaired) electrons. The summed E-state index contributed by atoms with van der Waals surface area (Å²) in [6, 6.07) is 2.63. The largest absolute Gasteiger partial charge is 0.469 e. The van der Waals surface area contributed by atoms with Gasteiger partial charge < -0.3 is 4.74 Å². The third-order valence-electron chi connectivity index (χ3n) is 1.91. The van der Waals surface area contributed by atoms with Gasteiger partial charge >= 0.3 is 5.97 Å². The summed E-state index contributed by atoms with van der Waals surface area (Å²) in [7, 11) is 1.22. The Bertz CT molecular complexity index is 448. The molecule has 0 atom stereocenters. The molecule has 0 aliphatic rings. The summed E-state index contributed by atoms with van der Waals surface area (Å²) in [6.45, 7) is 0. The fraction of sp³-hybridized carbons (Fsp3) is 0.200. The Kier molecular flexibility index (Phi) is 4.49. The van der Waals surface area contributed by atoms with Crippen LogP contribution in [0.1, 0.15) is 15.9 Å². The normalized spacial score (nSPS) is 10.0. The molecule has 6 heteroatoms. The molecule has 0 heterocycles. The van der Waals surface area contributed by atoms with Crippen molar-refractivity contribution in [3.63, 3.8) is 0 Å². The van der Waals surface area contributed by atoms with Gasteiger partial charge in [0, 0.05) is 4.47 Å². The van der Waals surface area contributed by atoms with E-state index >= 15 is 0 Å². The van der Waals surface area contributed by atoms with E-state index in [1.807, 2.05) is 0 Å². The monoisotopic (exact) mass is 306 g/mol. The number of methoxy groups -OCH3 is 1. The Balaban J connectivity index is 3.24. The highest BCUT2D eigenvalue weighted by molar-refractivity contribution is 9.10. The van der Waals surface area contributed by atoms with Crippen molar-refractivity contribution in [2.24, 2.45) is 0 Å². The minimum absolute atomic E-state index is 0.172. The van der Waals surface area contributed by atoms with Gasteiger partial charge in [-0.3, -0.25) is 9.59 Å². The lowest BCUT2D eigenvalue weighted by Gasteiger charge is -2.07. The first-order valence-electron chi connectivity index (χ1n) is 4.23. The van der Waals surface area contributed by atoms with Crippen LogP contribution in [0, 0.1) is 5.82 Å². The zero-order chi connectivity index (χ0) is 12.3. The first-order chi connectivity index (χ1) is 7.45. The molecule has 0 aromatic heterocycles. The van der Waals surface area contributed by atoms with E-state index in [1.54, 1.807) is 0 Å². The van der Waals surface area contributed by atoms with E-state index in [2.05, 4.69) is 33.3 Å². The summed E-state index contributed by atoms with van der Waals surface area (Å²) in [5, 5.41) is -0.719. The molecule has 0 saturated carbocycles. The topological polar surface area (TPSA) is 43.4 Å². The molecule has 3 nitrogen and oxygen atoms in total. The van der Waals surface area contributed by atoms with Gasteiger partial charge in [0.2, 0.25) is 5.12 Å². The smallest absolute Gasteiger partial charge is 0.310 e. The summed E-state index contributed by atoms with van der Waals surface area (Å²) < 4.78 is 18.4. The number of hydrogen-bond acceptors (Lipinski definition) is 3. The van der Waals surface area contributed by atoms with Crippen molar-refractivity contribution in [3.05, 3.63) is 33.5 Å². The average molecular weight is 307 g/mol. The van der Waals surface area contributed by atoms with Gasteiger partial charge in [0.15, 0.2) is 0 Å². The minimum Gasteiger partial charge on any atom is -0.469 e. The molecule has 1 rings (SSSR count). The van der Waals surface area contributed by atoms with Crippen molar-refractivity contribution in [2.75, 3.05) is 7.11 Å². The zero-order valence-corrected chi connectivity index (χ0v) is 10.8. The molecule has 0 aliphatic heterocycles. The molecule has 0 N–H and O–H groups in total. The van der Waals surface area contributed by atoms with Crippen LogP contribution in [0.5, 0.6) is 0 Å². The Morgan fingerprint density at radius 2 is 2.12 bits per heavy atom. The summed E-state index contributed by atoms with van der Waals surface area (Å²) in [6.07, 6.45) is -0.172. The number of esters is 1. The van der Waals surface area contributed by atoms with Gasteiger partial charge in [-0.2, -0.15) is 0 Å². The van der Waals surface area contributed by atoms with Crippen LogP contribution in [0.25, 0.3) is 0 Å². The zero-order valence-electron chi connectivity index (χ0n) is 8.29. The van der Waals surface area contributed by atoms with Crippen LogP contribution in [0.15, 0.2) is 16.6 Å². The Morgan fingerprint density at radius 1 is 1.50 bits per heavy atom. The second-order valence-electron chi connectivity index (χ2n) is 2.98. The fourth-order valence-corrected chi connectivity index (χ4v) is 1.96. The molecule has 0 bridgehead atoms. The van der Waals surface area contributed by atoms with E-state index in [-0.39, 0.29) is 17.5 Å². The van der Waals surface area contributed by atoms with Crippen molar-refractivity contribution < 1.29 is 18.7 Å². The van der Waals surface area contributed by atoms with Crippen LogP contribution in [0.3, 0.4) is 0 Å². The molecule has 0 saturated heterocycles. The third kappa shape index (κ3) is 3.05. The van der Waals surface area contributed by atoms with Crippen molar-refractivity contribution in [1.29, 1.82) is 0 Å². The Morgan fingerprint density at radius 3 is 2.62 bits per heavy atom. The number of thiol groups is 1. The van der Waals surface area contributed by atoms with Crippen molar-refractivity contribution in [2.45, 2.75) is 6.42 Å². The highest BCUT2D eigenvalue weighted by atomic mass is 79.9. The molecule has 86 valence electrons. The summed E-state index contributed by atoms with van der Waals surface area (Å²) in [5.74, 6) is -1.26. The second kappa shape index (κ2) is 5.45. The van der Waals surface area contributed by atoms with Gasteiger partial charge in [-0.25, -0.2) is 4.39 Å². The number of benzene rings is 1. The number of rotatable bonds is 3. The predicted molar refractivity (Wildman–Crippen MR) is 63.1 cm³/mol. The van der Waals surface area contributed by atoms with Gasteiger partial charge in [0.05, 0.1) is 19.1 Å². The van der Waals surface area contributed by atoms with Gasteiger partial charge in [-0.1, -0.05) is 15.9 Å². The van der Waals surface area contributed by atoms with E-state index in [0.29, 0.717) is 4.47 Å². The molecule has 0 unspecified atom stereocenters. The first kappa shape index (κ1) is 13.2. The Labute approximate surface area is 106 Å². The van der Waals surface area contributed by atoms with E-state index in [9.17, 15) is 14.0 Å². The molecule has 0 fully saturated rings. The lowest BCUT2D eigenvalue weighted by Crippen LogP contribution is -2.10. The van der Waals surface area contributed by atoms with Crippen LogP contribution >= 0.6 is 28.6 Å². The lowest BCUT2D eigenvalue weighted by atomic mass is 10.0. The predicted octanol–water partition coefficient (Wildman–Crippen LogP) is 2.37. The van der Waals surface area contributed by atoms with E-state index in [0.717, 1.165) is 6.07 Å². The highest BCUT2D eigenvalue weighted by Crippen LogP contribution is 2.22. The van der Waals surface area contributed by atoms with Crippen LogP contribution in [0.4, 0.5) is 4.39 Å². The lowest BCUT2D eigenvalue weighted by molar-refractivity contribution is -0.139. The molecular formula is C10H8BrFO3S. The van der Waals surface area contributed by atoms with Crippen molar-refractivity contribution in [3.8, 4) is 0 Å². The summed E-state index contributed by atoms with van der Waals surface area (Å²) >= 11 is 6.65. The van der Waals surface area contributed by atoms with Crippen LogP contribution in [-0.4, -0.2) is 18.2 Å². The highest BCUT2D eigenvalue weighted by Gasteiger charge is 2.17. The maximum absolute atomic E-state index is 13.5. The standard InChI is InChI=1S/C10H8BrFO3S/c1-15-8(13)3-5-2-6(11)4-7(12)9(5)10(14)16/h2,4H,3H2,1H3,(H,14,16). The maximum Gasteiger partial charge on any atom is 0.310 e. The van der Waals surface area contributed by atoms with Gasteiger partial charge in [-0.15, -0.1) is 12.6 Å². The number of carbonyl (C=O) groups excluding carboxylic acids is 2. The van der Waals surface area contributed by atoms with Crippen LogP contribution in [0.2, 0.25) is 0 Å². The van der Waals surface area contributed by atoms with Gasteiger partial charge in [-0.05, 0) is 17.7 Å². The molecule has 1 aromatic carbocycles. The minimum atomic E-state index is -0.719. The number of halogens is 2. The van der Waals surface area contributed by atoms with Crippen LogP contribution < -0.4 is 0 Å². The van der Waals surface area contributed by atoms with Gasteiger partial charge in [0.1, 0.15) is 5.82 Å². The van der Waals surface area contributed by atoms with E-state index < -0.39 is 16.9 Å². The summed E-state index contributed by atoms with van der Waals surface area (Å²) in [5.41, 5.74) is 0.0515. The second-order valence-corrected chi connectivity index (χ2v) is 4.30. The van der Waals surface area contributed by atoms with E-state index in [1.165, 1.54) is 13.2 Å². The molecule has 0 aliphatic carbocycles. The van der Waals surface area contributed by atoms with E-state index in [4.69, 9.17) is 0 Å². The number of hydrogen-bond donors (Lipinski definition) is 1. The van der Waals surface area contributed by atoms with Crippen molar-refractivity contribution >= 4 is 39.6 Å². The quantitative estimate of drug-likeness (QED) is 0.689. The number of ether oxygens (including phenoxy) is 1. The molecule has 0 amide bonds. The van der Waals surface area contributed by atoms with Crippen molar-refractivity contribution in [1.82, 2.24) is 0 Å². The van der Waals surface area contributed by atoms with Crippen LogP contribution in [-0.2, 0) is 16.0 Å². The SMILES string of the molecule is COC(=O)Cc1cc(Br)cc(F)c1C(=O)S. The third-order valence-corrected chi connectivity index (χ3v) is 2.59. The maximum atomic E-state index is 13.5. The fourth-order valence-electron chi connectivity index (χ4n) is 1.23. The molecular weight excluding hydrogens is 299 g/mol.